The summed E-state index contributed by atoms with van der Waals surface area (Å²) in [6.07, 6.45) is 4.74. The van der Waals surface area contributed by atoms with Crippen LogP contribution in [-0.4, -0.2) is 16.3 Å². The third-order valence-electron chi connectivity index (χ3n) is 2.52. The molecule has 0 saturated carbocycles. The van der Waals surface area contributed by atoms with Gasteiger partial charge in [0.15, 0.2) is 0 Å². The van der Waals surface area contributed by atoms with E-state index in [9.17, 15) is 4.39 Å². The maximum absolute atomic E-state index is 12.9. The Hall–Kier alpha value is -1.68. The molecular formula is C13H16FN3. The summed E-state index contributed by atoms with van der Waals surface area (Å²) in [5, 5.41) is 7.41. The lowest BCUT2D eigenvalue weighted by molar-refractivity contribution is 0.542. The molecule has 17 heavy (non-hydrogen) atoms. The second-order valence-corrected chi connectivity index (χ2v) is 3.93. The minimum absolute atomic E-state index is 0.180. The molecule has 0 aliphatic heterocycles. The Balaban J connectivity index is 1.63. The van der Waals surface area contributed by atoms with Gasteiger partial charge >= 0.3 is 0 Å². The minimum atomic E-state index is -0.180. The molecule has 1 N–H and O–H groups in total. The third-order valence-corrected chi connectivity index (χ3v) is 2.52. The predicted octanol–water partition coefficient (Wildman–Crippen LogP) is 2.20. The summed E-state index contributed by atoms with van der Waals surface area (Å²) in [6.45, 7) is 2.51. The lowest BCUT2D eigenvalue weighted by atomic mass is 10.2. The zero-order chi connectivity index (χ0) is 11.9. The van der Waals surface area contributed by atoms with Crippen molar-refractivity contribution in [2.45, 2.75) is 19.5 Å². The fourth-order valence-corrected chi connectivity index (χ4v) is 1.68. The number of aryl methyl sites for hydroxylation is 1. The van der Waals surface area contributed by atoms with Crippen LogP contribution >= 0.6 is 0 Å². The van der Waals surface area contributed by atoms with Crippen molar-refractivity contribution in [1.29, 1.82) is 0 Å². The Bertz CT molecular complexity index is 440. The van der Waals surface area contributed by atoms with Gasteiger partial charge in [0.25, 0.3) is 0 Å². The molecule has 0 unspecified atom stereocenters. The summed E-state index contributed by atoms with van der Waals surface area (Å²) in [4.78, 5) is 0. The highest BCUT2D eigenvalue weighted by molar-refractivity contribution is 5.15. The molecule has 0 radical (unpaired) electrons. The number of rotatable bonds is 6. The van der Waals surface area contributed by atoms with Crippen LogP contribution in [0.3, 0.4) is 0 Å². The number of nitrogens with one attached hydrogen (secondary N) is 1. The van der Waals surface area contributed by atoms with Crippen molar-refractivity contribution in [1.82, 2.24) is 15.1 Å². The number of nitrogens with zero attached hydrogens (tertiary/aromatic N) is 2. The topological polar surface area (TPSA) is 29.9 Å². The molecule has 0 aliphatic carbocycles. The van der Waals surface area contributed by atoms with Crippen molar-refractivity contribution in [2.75, 3.05) is 6.54 Å². The minimum Gasteiger partial charge on any atom is -0.313 e. The van der Waals surface area contributed by atoms with E-state index in [2.05, 4.69) is 10.4 Å². The van der Waals surface area contributed by atoms with Crippen molar-refractivity contribution in [3.05, 3.63) is 54.1 Å². The summed E-state index contributed by atoms with van der Waals surface area (Å²) < 4.78 is 14.8. The van der Waals surface area contributed by atoms with Gasteiger partial charge in [0.2, 0.25) is 0 Å². The lowest BCUT2D eigenvalue weighted by Crippen LogP contribution is -2.16. The zero-order valence-corrected chi connectivity index (χ0v) is 9.64. The molecule has 0 atom stereocenters. The van der Waals surface area contributed by atoms with E-state index < -0.39 is 0 Å². The van der Waals surface area contributed by atoms with Gasteiger partial charge in [-0.05, 0) is 36.7 Å². The van der Waals surface area contributed by atoms with Crippen LogP contribution in [0.4, 0.5) is 4.39 Å². The third kappa shape index (κ3) is 4.00. The Morgan fingerprint density at radius 1 is 1.29 bits per heavy atom. The van der Waals surface area contributed by atoms with Gasteiger partial charge in [0, 0.05) is 25.5 Å². The molecule has 2 rings (SSSR count). The first-order valence-electron chi connectivity index (χ1n) is 5.77. The van der Waals surface area contributed by atoms with Crippen molar-refractivity contribution in [3.8, 4) is 0 Å². The lowest BCUT2D eigenvalue weighted by Gasteiger charge is -2.05. The second-order valence-electron chi connectivity index (χ2n) is 3.93. The molecule has 1 aromatic heterocycles. The van der Waals surface area contributed by atoms with Gasteiger partial charge in [-0.2, -0.15) is 5.10 Å². The van der Waals surface area contributed by atoms with Crippen molar-refractivity contribution >= 4 is 0 Å². The van der Waals surface area contributed by atoms with Crippen LogP contribution in [0.1, 0.15) is 12.0 Å². The monoisotopic (exact) mass is 233 g/mol. The molecule has 1 heterocycles. The van der Waals surface area contributed by atoms with E-state index in [0.29, 0.717) is 6.54 Å². The number of benzene rings is 1. The van der Waals surface area contributed by atoms with Crippen LogP contribution in [0, 0.1) is 5.82 Å². The standard InChI is InChI=1S/C13H16FN3/c14-13-5-1-4-12(10-13)11-15-6-2-8-17-9-3-7-16-17/h1,3-5,7,9-10,15H,2,6,8,11H2. The fraction of sp³-hybridized carbons (Fsp3) is 0.308. The van der Waals surface area contributed by atoms with E-state index in [1.165, 1.54) is 6.07 Å². The van der Waals surface area contributed by atoms with Crippen LogP contribution in [-0.2, 0) is 13.1 Å². The predicted molar refractivity (Wildman–Crippen MR) is 65.0 cm³/mol. The highest BCUT2D eigenvalue weighted by Crippen LogP contribution is 2.02. The molecule has 4 heteroatoms. The number of hydrogen-bond acceptors (Lipinski definition) is 2. The summed E-state index contributed by atoms with van der Waals surface area (Å²) in [6, 6.07) is 8.58. The van der Waals surface area contributed by atoms with Crippen molar-refractivity contribution < 1.29 is 4.39 Å². The summed E-state index contributed by atoms with van der Waals surface area (Å²) in [5.74, 6) is -0.180. The van der Waals surface area contributed by atoms with Crippen LogP contribution in [0.5, 0.6) is 0 Å². The van der Waals surface area contributed by atoms with Gasteiger partial charge in [-0.3, -0.25) is 4.68 Å². The highest BCUT2D eigenvalue weighted by Gasteiger charge is 1.95. The molecule has 0 spiro atoms. The van der Waals surface area contributed by atoms with Gasteiger partial charge in [-0.25, -0.2) is 4.39 Å². The molecule has 2 aromatic rings. The average Bonchev–Trinajstić information content (AvgIpc) is 2.82. The molecular weight excluding hydrogens is 217 g/mol. The summed E-state index contributed by atoms with van der Waals surface area (Å²) in [5.41, 5.74) is 0.976. The van der Waals surface area contributed by atoms with Crippen molar-refractivity contribution in [3.63, 3.8) is 0 Å². The molecule has 90 valence electrons. The first-order valence-corrected chi connectivity index (χ1v) is 5.77. The maximum Gasteiger partial charge on any atom is 0.123 e. The summed E-state index contributed by atoms with van der Waals surface area (Å²) in [7, 11) is 0. The van der Waals surface area contributed by atoms with E-state index in [4.69, 9.17) is 0 Å². The quantitative estimate of drug-likeness (QED) is 0.775. The van der Waals surface area contributed by atoms with Crippen LogP contribution in [0.2, 0.25) is 0 Å². The number of hydrogen-bond donors (Lipinski definition) is 1. The molecule has 3 nitrogen and oxygen atoms in total. The Morgan fingerprint density at radius 2 is 2.24 bits per heavy atom. The second kappa shape index (κ2) is 6.15. The Kier molecular flexibility index (Phi) is 4.27. The van der Waals surface area contributed by atoms with Crippen LogP contribution in [0.15, 0.2) is 42.7 Å². The molecule has 0 bridgehead atoms. The van der Waals surface area contributed by atoms with Gasteiger partial charge in [-0.15, -0.1) is 0 Å². The fourth-order valence-electron chi connectivity index (χ4n) is 1.68. The SMILES string of the molecule is Fc1cccc(CNCCCn2cccn2)c1. The first kappa shape index (κ1) is 11.8. The van der Waals surface area contributed by atoms with E-state index in [-0.39, 0.29) is 5.82 Å². The zero-order valence-electron chi connectivity index (χ0n) is 9.64. The first-order chi connectivity index (χ1) is 8.34. The molecule has 0 amide bonds. The van der Waals surface area contributed by atoms with Gasteiger partial charge < -0.3 is 5.32 Å². The van der Waals surface area contributed by atoms with Crippen LogP contribution < -0.4 is 5.32 Å². The number of aromatic nitrogens is 2. The average molecular weight is 233 g/mol. The smallest absolute Gasteiger partial charge is 0.123 e. The van der Waals surface area contributed by atoms with Crippen molar-refractivity contribution in [2.24, 2.45) is 0 Å². The van der Waals surface area contributed by atoms with Gasteiger partial charge in [0.1, 0.15) is 5.82 Å². The highest BCUT2D eigenvalue weighted by atomic mass is 19.1. The van der Waals surface area contributed by atoms with E-state index in [1.54, 1.807) is 18.3 Å². The molecule has 0 fully saturated rings. The molecule has 0 aliphatic rings. The normalized spacial score (nSPS) is 10.6. The van der Waals surface area contributed by atoms with E-state index >= 15 is 0 Å². The van der Waals surface area contributed by atoms with Gasteiger partial charge in [-0.1, -0.05) is 12.1 Å². The maximum atomic E-state index is 12.9. The Labute approximate surface area is 100 Å². The molecule has 1 aromatic carbocycles. The number of halogens is 1. The van der Waals surface area contributed by atoms with Crippen LogP contribution in [0.25, 0.3) is 0 Å². The van der Waals surface area contributed by atoms with E-state index in [1.807, 2.05) is 23.0 Å². The molecule has 0 saturated heterocycles. The van der Waals surface area contributed by atoms with E-state index in [0.717, 1.165) is 25.1 Å². The summed E-state index contributed by atoms with van der Waals surface area (Å²) >= 11 is 0. The van der Waals surface area contributed by atoms with Gasteiger partial charge in [0.05, 0.1) is 0 Å². The largest absolute Gasteiger partial charge is 0.313 e. The Morgan fingerprint density at radius 3 is 3.00 bits per heavy atom.